The highest BCUT2D eigenvalue weighted by Gasteiger charge is 2.11. The third kappa shape index (κ3) is 5.59. The van der Waals surface area contributed by atoms with Crippen molar-refractivity contribution in [2.24, 2.45) is 0 Å². The molecule has 1 heterocycles. The number of anilines is 1. The van der Waals surface area contributed by atoms with Crippen molar-refractivity contribution < 1.29 is 9.53 Å². The van der Waals surface area contributed by atoms with E-state index in [1.54, 1.807) is 30.0 Å². The van der Waals surface area contributed by atoms with E-state index in [1.807, 2.05) is 24.3 Å². The first-order chi connectivity index (χ1) is 13.0. The van der Waals surface area contributed by atoms with E-state index in [4.69, 9.17) is 27.9 Å². The summed E-state index contributed by atoms with van der Waals surface area (Å²) < 4.78 is 5.91. The van der Waals surface area contributed by atoms with Gasteiger partial charge in [0, 0.05) is 16.3 Å². The van der Waals surface area contributed by atoms with Crippen molar-refractivity contribution in [1.29, 1.82) is 0 Å². The van der Waals surface area contributed by atoms with Gasteiger partial charge in [-0.1, -0.05) is 58.4 Å². The van der Waals surface area contributed by atoms with Gasteiger partial charge in [0.25, 0.3) is 0 Å². The molecule has 0 unspecified atom stereocenters. The quantitative estimate of drug-likeness (QED) is 0.372. The maximum Gasteiger partial charge on any atom is 0.206 e. The first-order valence-corrected chi connectivity index (χ1v) is 10.4. The smallest absolute Gasteiger partial charge is 0.206 e. The summed E-state index contributed by atoms with van der Waals surface area (Å²) in [5, 5.41) is 12.9. The Balaban J connectivity index is 1.52. The largest absolute Gasteiger partial charge is 0.495 e. The number of hydrogen-bond acceptors (Lipinski definition) is 7. The number of thioether (sulfide) groups is 1. The van der Waals surface area contributed by atoms with E-state index in [0.717, 1.165) is 15.7 Å². The van der Waals surface area contributed by atoms with Gasteiger partial charge in [-0.15, -0.1) is 10.2 Å². The molecule has 1 aromatic heterocycles. The Morgan fingerprint density at radius 3 is 2.67 bits per heavy atom. The average molecular weight is 440 g/mol. The minimum Gasteiger partial charge on any atom is -0.495 e. The lowest BCUT2D eigenvalue weighted by molar-refractivity contribution is 0.101. The van der Waals surface area contributed by atoms with E-state index in [9.17, 15) is 4.79 Å². The number of Topliss-reactive ketones (excluding diaryl/α,β-unsaturated/α-hetero) is 1. The van der Waals surface area contributed by atoms with Crippen molar-refractivity contribution in [3.63, 3.8) is 0 Å². The molecule has 3 rings (SSSR count). The van der Waals surface area contributed by atoms with E-state index in [1.165, 1.54) is 18.4 Å². The van der Waals surface area contributed by atoms with Crippen LogP contribution in [0, 0.1) is 0 Å². The van der Waals surface area contributed by atoms with Crippen LogP contribution in [0.15, 0.2) is 46.8 Å². The minimum atomic E-state index is -0.0925. The number of ketones is 1. The van der Waals surface area contributed by atoms with Crippen molar-refractivity contribution in [2.45, 2.75) is 10.1 Å². The van der Waals surface area contributed by atoms with Crippen molar-refractivity contribution >= 4 is 57.2 Å². The molecule has 0 bridgehead atoms. The first-order valence-electron chi connectivity index (χ1n) is 7.86. The molecule has 0 amide bonds. The molecule has 1 N–H and O–H groups in total. The van der Waals surface area contributed by atoms with Gasteiger partial charge in [0.2, 0.25) is 5.13 Å². The summed E-state index contributed by atoms with van der Waals surface area (Å²) in [6, 6.07) is 12.6. The number of aromatic nitrogens is 2. The van der Waals surface area contributed by atoms with Gasteiger partial charge in [0.1, 0.15) is 5.75 Å². The highest BCUT2D eigenvalue weighted by Crippen LogP contribution is 2.29. The molecule has 27 heavy (non-hydrogen) atoms. The second-order valence-electron chi connectivity index (χ2n) is 5.41. The molecular formula is C18H15Cl2N3O2S2. The number of nitrogens with zero attached hydrogens (tertiary/aromatic N) is 2. The zero-order chi connectivity index (χ0) is 19.2. The predicted molar refractivity (Wildman–Crippen MR) is 112 cm³/mol. The second-order valence-corrected chi connectivity index (χ2v) is 8.46. The van der Waals surface area contributed by atoms with Gasteiger partial charge >= 0.3 is 0 Å². The number of nitrogens with one attached hydrogen (secondary N) is 1. The molecular weight excluding hydrogens is 425 g/mol. The summed E-state index contributed by atoms with van der Waals surface area (Å²) in [6.07, 6.45) is 0. The predicted octanol–water partition coefficient (Wildman–Crippen LogP) is 5.44. The van der Waals surface area contributed by atoms with Crippen LogP contribution in [0.25, 0.3) is 0 Å². The fourth-order valence-corrected chi connectivity index (χ4v) is 4.25. The number of ether oxygens (including phenoxy) is 1. The van der Waals surface area contributed by atoms with E-state index >= 15 is 0 Å². The van der Waals surface area contributed by atoms with Gasteiger partial charge in [-0.3, -0.25) is 4.79 Å². The number of rotatable bonds is 8. The topological polar surface area (TPSA) is 64.1 Å². The summed E-state index contributed by atoms with van der Waals surface area (Å²) >= 11 is 14.9. The van der Waals surface area contributed by atoms with Crippen molar-refractivity contribution in [1.82, 2.24) is 10.2 Å². The van der Waals surface area contributed by atoms with Crippen LogP contribution in [-0.4, -0.2) is 29.6 Å². The summed E-state index contributed by atoms with van der Waals surface area (Å²) in [5.41, 5.74) is 1.66. The maximum absolute atomic E-state index is 12.3. The molecule has 5 nitrogen and oxygen atoms in total. The normalized spacial score (nSPS) is 10.6. The molecule has 0 aliphatic heterocycles. The summed E-state index contributed by atoms with van der Waals surface area (Å²) in [4.78, 5) is 12.3. The van der Waals surface area contributed by atoms with Crippen LogP contribution >= 0.6 is 46.3 Å². The number of carbonyl (C=O) groups excluding carboxylic acids is 1. The highest BCUT2D eigenvalue weighted by atomic mass is 35.5. The van der Waals surface area contributed by atoms with Crippen LogP contribution in [0.3, 0.4) is 0 Å². The molecule has 3 aromatic rings. The molecule has 0 aliphatic carbocycles. The lowest BCUT2D eigenvalue weighted by atomic mass is 10.1. The third-order valence-electron chi connectivity index (χ3n) is 3.56. The Labute approximate surface area is 175 Å². The zero-order valence-corrected chi connectivity index (χ0v) is 17.4. The fourth-order valence-electron chi connectivity index (χ4n) is 2.16. The van der Waals surface area contributed by atoms with Crippen LogP contribution in [0.2, 0.25) is 10.0 Å². The second kappa shape index (κ2) is 9.41. The van der Waals surface area contributed by atoms with Crippen LogP contribution in [0.5, 0.6) is 5.75 Å². The highest BCUT2D eigenvalue weighted by molar-refractivity contribution is 8.00. The van der Waals surface area contributed by atoms with E-state index < -0.39 is 0 Å². The zero-order valence-electron chi connectivity index (χ0n) is 14.2. The molecule has 0 fully saturated rings. The Morgan fingerprint density at radius 2 is 1.96 bits per heavy atom. The van der Waals surface area contributed by atoms with Crippen LogP contribution < -0.4 is 10.1 Å². The van der Waals surface area contributed by atoms with Crippen LogP contribution in [-0.2, 0) is 5.75 Å². The first kappa shape index (κ1) is 19.9. The molecule has 0 aliphatic rings. The van der Waals surface area contributed by atoms with Crippen LogP contribution in [0.4, 0.5) is 5.13 Å². The number of methoxy groups -OCH3 is 1. The number of carbonyl (C=O) groups is 1. The van der Waals surface area contributed by atoms with Gasteiger partial charge in [0.05, 0.1) is 18.7 Å². The molecule has 9 heteroatoms. The van der Waals surface area contributed by atoms with Gasteiger partial charge in [-0.25, -0.2) is 0 Å². The summed E-state index contributed by atoms with van der Waals surface area (Å²) in [7, 11) is 1.53. The summed E-state index contributed by atoms with van der Waals surface area (Å²) in [6.45, 7) is 0.110. The molecule has 0 atom stereocenters. The Bertz CT molecular complexity index is 933. The molecule has 0 radical (unpaired) electrons. The third-order valence-corrected chi connectivity index (χ3v) is 6.19. The summed E-state index contributed by atoms with van der Waals surface area (Å²) in [5.74, 6) is 1.22. The Kier molecular flexibility index (Phi) is 6.95. The average Bonchev–Trinajstić information content (AvgIpc) is 3.13. The monoisotopic (exact) mass is 439 g/mol. The van der Waals surface area contributed by atoms with Gasteiger partial charge in [-0.2, -0.15) is 0 Å². The van der Waals surface area contributed by atoms with Crippen molar-refractivity contribution in [2.75, 3.05) is 19.0 Å². The standard InChI is InChI=1S/C18H15Cl2N3O2S2/c1-25-16-7-4-12(8-14(16)20)15(24)9-21-17-22-23-18(27-17)26-10-11-2-5-13(19)6-3-11/h2-8H,9-10H2,1H3,(H,21,22). The molecule has 2 aromatic carbocycles. The van der Waals surface area contributed by atoms with E-state index in [-0.39, 0.29) is 12.3 Å². The van der Waals surface area contributed by atoms with Crippen LogP contribution in [0.1, 0.15) is 15.9 Å². The van der Waals surface area contributed by atoms with Gasteiger partial charge < -0.3 is 10.1 Å². The number of benzene rings is 2. The van der Waals surface area contributed by atoms with Gasteiger partial charge in [0.15, 0.2) is 10.1 Å². The van der Waals surface area contributed by atoms with E-state index in [0.29, 0.717) is 26.5 Å². The Hall–Kier alpha value is -1.80. The SMILES string of the molecule is COc1ccc(C(=O)CNc2nnc(SCc3ccc(Cl)cc3)s2)cc1Cl. The number of halogens is 2. The molecule has 0 saturated heterocycles. The maximum atomic E-state index is 12.3. The Morgan fingerprint density at radius 1 is 1.19 bits per heavy atom. The lowest BCUT2D eigenvalue weighted by Crippen LogP contribution is -2.13. The fraction of sp³-hybridized carbons (Fsp3) is 0.167. The van der Waals surface area contributed by atoms with Crippen molar-refractivity contribution in [3.05, 3.63) is 63.6 Å². The lowest BCUT2D eigenvalue weighted by Gasteiger charge is -2.06. The molecule has 140 valence electrons. The number of hydrogen-bond donors (Lipinski definition) is 1. The van der Waals surface area contributed by atoms with E-state index in [2.05, 4.69) is 15.5 Å². The van der Waals surface area contributed by atoms with Gasteiger partial charge in [-0.05, 0) is 35.9 Å². The molecule has 0 spiro atoms. The minimum absolute atomic E-state index is 0.0925. The molecule has 0 saturated carbocycles. The van der Waals surface area contributed by atoms with Crippen molar-refractivity contribution in [3.8, 4) is 5.75 Å².